The lowest BCUT2D eigenvalue weighted by atomic mass is 10.2. The molecule has 0 aromatic heterocycles. The quantitative estimate of drug-likeness (QED) is 0.471. The number of halogens is 1. The molecular formula is C23H21ClN2O5S. The van der Waals surface area contributed by atoms with Crippen molar-refractivity contribution >= 4 is 44.7 Å². The van der Waals surface area contributed by atoms with Gasteiger partial charge in [-0.05, 0) is 55.5 Å². The molecule has 0 bridgehead atoms. The van der Waals surface area contributed by atoms with Crippen molar-refractivity contribution in [3.63, 3.8) is 0 Å². The lowest BCUT2D eigenvalue weighted by molar-refractivity contribution is -0.114. The molecule has 0 saturated heterocycles. The second kappa shape index (κ2) is 10.3. The van der Waals surface area contributed by atoms with Gasteiger partial charge in [-0.3, -0.25) is 4.79 Å². The molecule has 2 N–H and O–H groups in total. The van der Waals surface area contributed by atoms with E-state index in [1.165, 1.54) is 18.2 Å². The Morgan fingerprint density at radius 2 is 1.62 bits per heavy atom. The Balaban J connectivity index is 1.67. The number of carbonyl (C=O) groups is 2. The van der Waals surface area contributed by atoms with E-state index in [9.17, 15) is 18.0 Å². The molecule has 0 atom stereocenters. The van der Waals surface area contributed by atoms with Gasteiger partial charge in [0.05, 0.1) is 39.2 Å². The van der Waals surface area contributed by atoms with Crippen molar-refractivity contribution in [3.05, 3.63) is 83.4 Å². The number of ether oxygens (including phenoxy) is 1. The lowest BCUT2D eigenvalue weighted by Crippen LogP contribution is -2.22. The predicted molar refractivity (Wildman–Crippen MR) is 123 cm³/mol. The third kappa shape index (κ3) is 5.46. The standard InChI is InChI=1S/C23H21ClN2O5S/c1-2-31-23(28)16-11-13-17(14-12-16)26-21(27)15-25-19-9-6-10-20(22(19)24)32(29,30)18-7-4-3-5-8-18/h3-14,25H,2,15H2,1H3,(H,26,27). The number of rotatable bonds is 8. The van der Waals surface area contributed by atoms with E-state index in [1.54, 1.807) is 61.5 Å². The monoisotopic (exact) mass is 472 g/mol. The molecule has 3 rings (SSSR count). The minimum absolute atomic E-state index is 0.00272. The van der Waals surface area contributed by atoms with Crippen molar-refractivity contribution < 1.29 is 22.7 Å². The summed E-state index contributed by atoms with van der Waals surface area (Å²) in [5.41, 5.74) is 1.19. The average molecular weight is 473 g/mol. The highest BCUT2D eigenvalue weighted by Crippen LogP contribution is 2.32. The van der Waals surface area contributed by atoms with Crippen molar-refractivity contribution in [2.45, 2.75) is 16.7 Å². The van der Waals surface area contributed by atoms with Gasteiger partial charge < -0.3 is 15.4 Å². The van der Waals surface area contributed by atoms with Gasteiger partial charge in [0.1, 0.15) is 0 Å². The van der Waals surface area contributed by atoms with Gasteiger partial charge in [-0.1, -0.05) is 35.9 Å². The fourth-order valence-electron chi connectivity index (χ4n) is 2.87. The number of sulfone groups is 1. The van der Waals surface area contributed by atoms with E-state index in [0.29, 0.717) is 16.9 Å². The van der Waals surface area contributed by atoms with Crippen LogP contribution in [0.2, 0.25) is 5.02 Å². The highest BCUT2D eigenvalue weighted by atomic mass is 35.5. The molecule has 3 aromatic rings. The van der Waals surface area contributed by atoms with Gasteiger partial charge in [0.25, 0.3) is 0 Å². The Bertz CT molecular complexity index is 1210. The molecule has 0 fully saturated rings. The minimum Gasteiger partial charge on any atom is -0.462 e. The van der Waals surface area contributed by atoms with E-state index < -0.39 is 15.8 Å². The predicted octanol–water partition coefficient (Wildman–Crippen LogP) is 4.40. The third-order valence-electron chi connectivity index (χ3n) is 4.43. The molecule has 0 saturated carbocycles. The van der Waals surface area contributed by atoms with Crippen LogP contribution in [0.15, 0.2) is 82.6 Å². The molecule has 0 aliphatic rings. The van der Waals surface area contributed by atoms with E-state index in [4.69, 9.17) is 16.3 Å². The Kier molecular flexibility index (Phi) is 7.50. The fourth-order valence-corrected chi connectivity index (χ4v) is 4.74. The SMILES string of the molecule is CCOC(=O)c1ccc(NC(=O)CNc2cccc(S(=O)(=O)c3ccccc3)c2Cl)cc1. The van der Waals surface area contributed by atoms with Gasteiger partial charge in [-0.25, -0.2) is 13.2 Å². The number of benzene rings is 3. The first kappa shape index (κ1) is 23.3. The summed E-state index contributed by atoms with van der Waals surface area (Å²) in [5, 5.41) is 5.55. The number of amides is 1. The first-order valence-corrected chi connectivity index (χ1v) is 11.6. The number of anilines is 2. The molecule has 166 valence electrons. The molecule has 1 amide bonds. The fraction of sp³-hybridized carbons (Fsp3) is 0.130. The largest absolute Gasteiger partial charge is 0.462 e. The summed E-state index contributed by atoms with van der Waals surface area (Å²) in [6.07, 6.45) is 0. The molecular weight excluding hydrogens is 452 g/mol. The maximum absolute atomic E-state index is 12.9. The zero-order chi connectivity index (χ0) is 23.1. The molecule has 7 nitrogen and oxygen atoms in total. The molecule has 0 spiro atoms. The van der Waals surface area contributed by atoms with Crippen LogP contribution < -0.4 is 10.6 Å². The maximum atomic E-state index is 12.9. The van der Waals surface area contributed by atoms with Gasteiger partial charge in [-0.15, -0.1) is 0 Å². The first-order chi connectivity index (χ1) is 15.3. The molecule has 0 radical (unpaired) electrons. The summed E-state index contributed by atoms with van der Waals surface area (Å²) in [4.78, 5) is 24.1. The summed E-state index contributed by atoms with van der Waals surface area (Å²) < 4.78 is 30.7. The van der Waals surface area contributed by atoms with Crippen LogP contribution in [-0.2, 0) is 19.4 Å². The summed E-state index contributed by atoms with van der Waals surface area (Å²) in [5.74, 6) is -0.812. The zero-order valence-corrected chi connectivity index (χ0v) is 18.7. The number of nitrogens with one attached hydrogen (secondary N) is 2. The highest BCUT2D eigenvalue weighted by Gasteiger charge is 2.22. The minimum atomic E-state index is -3.80. The normalized spacial score (nSPS) is 10.9. The van der Waals surface area contributed by atoms with Crippen molar-refractivity contribution in [2.24, 2.45) is 0 Å². The van der Waals surface area contributed by atoms with Gasteiger partial charge in [0.2, 0.25) is 15.7 Å². The van der Waals surface area contributed by atoms with E-state index >= 15 is 0 Å². The summed E-state index contributed by atoms with van der Waals surface area (Å²) in [7, 11) is -3.80. The van der Waals surface area contributed by atoms with Gasteiger partial charge in [0, 0.05) is 5.69 Å². The Labute approximate surface area is 191 Å². The second-order valence-corrected chi connectivity index (χ2v) is 8.93. The van der Waals surface area contributed by atoms with Crippen molar-refractivity contribution in [3.8, 4) is 0 Å². The Morgan fingerprint density at radius 1 is 0.938 bits per heavy atom. The smallest absolute Gasteiger partial charge is 0.338 e. The Morgan fingerprint density at radius 3 is 2.28 bits per heavy atom. The van der Waals surface area contributed by atoms with Crippen LogP contribution in [0.25, 0.3) is 0 Å². The molecule has 0 unspecified atom stereocenters. The molecule has 0 aliphatic heterocycles. The highest BCUT2D eigenvalue weighted by molar-refractivity contribution is 7.91. The van der Waals surface area contributed by atoms with E-state index in [1.807, 2.05) is 0 Å². The summed E-state index contributed by atoms with van der Waals surface area (Å²) in [6, 6.07) is 18.8. The molecule has 3 aromatic carbocycles. The van der Waals surface area contributed by atoms with E-state index in [-0.39, 0.29) is 33.9 Å². The Hall–Kier alpha value is -3.36. The zero-order valence-electron chi connectivity index (χ0n) is 17.2. The van der Waals surface area contributed by atoms with E-state index in [0.717, 1.165) is 0 Å². The van der Waals surface area contributed by atoms with Crippen LogP contribution in [0.3, 0.4) is 0 Å². The molecule has 32 heavy (non-hydrogen) atoms. The van der Waals surface area contributed by atoms with Crippen LogP contribution in [0.5, 0.6) is 0 Å². The summed E-state index contributed by atoms with van der Waals surface area (Å²) >= 11 is 6.34. The molecule has 0 heterocycles. The second-order valence-electron chi connectivity index (χ2n) is 6.63. The number of carbonyl (C=O) groups excluding carboxylic acids is 2. The van der Waals surface area contributed by atoms with Crippen LogP contribution in [0.4, 0.5) is 11.4 Å². The average Bonchev–Trinajstić information content (AvgIpc) is 2.79. The maximum Gasteiger partial charge on any atom is 0.338 e. The van der Waals surface area contributed by atoms with Crippen molar-refractivity contribution in [1.82, 2.24) is 0 Å². The van der Waals surface area contributed by atoms with Crippen molar-refractivity contribution in [2.75, 3.05) is 23.8 Å². The number of esters is 1. The van der Waals surface area contributed by atoms with Crippen LogP contribution >= 0.6 is 11.6 Å². The van der Waals surface area contributed by atoms with Gasteiger partial charge in [0.15, 0.2) is 0 Å². The van der Waals surface area contributed by atoms with Crippen LogP contribution in [0, 0.1) is 0 Å². The number of hydrogen-bond acceptors (Lipinski definition) is 6. The van der Waals surface area contributed by atoms with Gasteiger partial charge in [-0.2, -0.15) is 0 Å². The molecule has 0 aliphatic carbocycles. The van der Waals surface area contributed by atoms with Gasteiger partial charge >= 0.3 is 5.97 Å². The lowest BCUT2D eigenvalue weighted by Gasteiger charge is -2.13. The third-order valence-corrected chi connectivity index (χ3v) is 6.76. The summed E-state index contributed by atoms with van der Waals surface area (Å²) in [6.45, 7) is 1.85. The van der Waals surface area contributed by atoms with Crippen molar-refractivity contribution in [1.29, 1.82) is 0 Å². The first-order valence-electron chi connectivity index (χ1n) is 9.72. The van der Waals surface area contributed by atoms with Crippen LogP contribution in [0.1, 0.15) is 17.3 Å². The number of hydrogen-bond donors (Lipinski definition) is 2. The van der Waals surface area contributed by atoms with Crippen LogP contribution in [-0.4, -0.2) is 33.4 Å². The molecule has 9 heteroatoms. The van der Waals surface area contributed by atoms with E-state index in [2.05, 4.69) is 10.6 Å². The topological polar surface area (TPSA) is 102 Å².